The number of nitrogens with zero attached hydrogens (tertiary/aromatic N) is 3. The number of hydrogen-bond donors (Lipinski definition) is 0. The third kappa shape index (κ3) is 5.93. The lowest BCUT2D eigenvalue weighted by molar-refractivity contribution is -0.127. The predicted molar refractivity (Wildman–Crippen MR) is 107 cm³/mol. The summed E-state index contributed by atoms with van der Waals surface area (Å²) in [5.41, 5.74) is 2.21. The first kappa shape index (κ1) is 19.1. The highest BCUT2D eigenvalue weighted by Gasteiger charge is 2.19. The van der Waals surface area contributed by atoms with Crippen LogP contribution in [0.4, 0.5) is 0 Å². The number of ether oxygens (including phenoxy) is 1. The molecule has 1 amide bonds. The van der Waals surface area contributed by atoms with E-state index < -0.39 is 0 Å². The van der Waals surface area contributed by atoms with Gasteiger partial charge in [0.05, 0.1) is 6.10 Å². The number of piperazine rings is 1. The van der Waals surface area contributed by atoms with Crippen molar-refractivity contribution < 1.29 is 9.53 Å². The number of carbonyl (C=O) groups excluding carboxylic acids is 1. The molecule has 0 radical (unpaired) electrons. The van der Waals surface area contributed by atoms with Crippen LogP contribution in [0.25, 0.3) is 6.08 Å². The Morgan fingerprint density at radius 2 is 1.89 bits per heavy atom. The molecule has 0 N–H and O–H groups in total. The molecule has 0 spiro atoms. The Morgan fingerprint density at radius 3 is 2.52 bits per heavy atom. The fourth-order valence-electron chi connectivity index (χ4n) is 3.08. The molecule has 27 heavy (non-hydrogen) atoms. The zero-order valence-corrected chi connectivity index (χ0v) is 16.0. The zero-order valence-electron chi connectivity index (χ0n) is 16.0. The van der Waals surface area contributed by atoms with Crippen LogP contribution in [-0.4, -0.2) is 53.0 Å². The van der Waals surface area contributed by atoms with Gasteiger partial charge < -0.3 is 9.64 Å². The molecule has 1 aromatic heterocycles. The summed E-state index contributed by atoms with van der Waals surface area (Å²) < 4.78 is 5.63. The van der Waals surface area contributed by atoms with Gasteiger partial charge in [0.15, 0.2) is 0 Å². The Balaban J connectivity index is 1.47. The van der Waals surface area contributed by atoms with Gasteiger partial charge in [-0.1, -0.05) is 18.2 Å². The van der Waals surface area contributed by atoms with Crippen LogP contribution in [0.15, 0.2) is 54.9 Å². The molecule has 0 bridgehead atoms. The molecule has 1 saturated heterocycles. The van der Waals surface area contributed by atoms with Crippen LogP contribution in [0, 0.1) is 0 Å². The van der Waals surface area contributed by atoms with Gasteiger partial charge in [-0.25, -0.2) is 0 Å². The number of hydrogen-bond acceptors (Lipinski definition) is 4. The van der Waals surface area contributed by atoms with Gasteiger partial charge in [0.2, 0.25) is 5.91 Å². The lowest BCUT2D eigenvalue weighted by atomic mass is 10.2. The SMILES string of the molecule is CC(C)Oc1ccc(/C=C/C(=O)N2CCN(Cc3cccnc3)CC2)cc1. The van der Waals surface area contributed by atoms with E-state index in [2.05, 4.69) is 16.0 Å². The topological polar surface area (TPSA) is 45.7 Å². The van der Waals surface area contributed by atoms with E-state index in [1.165, 1.54) is 5.56 Å². The molecule has 1 aliphatic rings. The smallest absolute Gasteiger partial charge is 0.246 e. The summed E-state index contributed by atoms with van der Waals surface area (Å²) >= 11 is 0. The molecule has 1 aromatic carbocycles. The van der Waals surface area contributed by atoms with Crippen molar-refractivity contribution in [1.82, 2.24) is 14.8 Å². The Kier molecular flexibility index (Phi) is 6.60. The lowest BCUT2D eigenvalue weighted by Gasteiger charge is -2.34. The van der Waals surface area contributed by atoms with Gasteiger partial charge in [-0.15, -0.1) is 0 Å². The van der Waals surface area contributed by atoms with E-state index in [0.29, 0.717) is 0 Å². The molecule has 1 fully saturated rings. The van der Waals surface area contributed by atoms with Gasteiger partial charge in [-0.05, 0) is 49.2 Å². The molecule has 2 heterocycles. The van der Waals surface area contributed by atoms with E-state index in [-0.39, 0.29) is 12.0 Å². The second-order valence-corrected chi connectivity index (χ2v) is 7.03. The van der Waals surface area contributed by atoms with Crippen molar-refractivity contribution in [2.24, 2.45) is 0 Å². The summed E-state index contributed by atoms with van der Waals surface area (Å²) in [6.07, 6.45) is 7.37. The summed E-state index contributed by atoms with van der Waals surface area (Å²) in [4.78, 5) is 20.9. The summed E-state index contributed by atoms with van der Waals surface area (Å²) in [6.45, 7) is 8.17. The number of rotatable bonds is 6. The van der Waals surface area contributed by atoms with Gasteiger partial charge in [0.25, 0.3) is 0 Å². The van der Waals surface area contributed by atoms with Gasteiger partial charge in [-0.2, -0.15) is 0 Å². The molecule has 142 valence electrons. The maximum absolute atomic E-state index is 12.4. The van der Waals surface area contributed by atoms with Crippen molar-refractivity contribution in [1.29, 1.82) is 0 Å². The minimum absolute atomic E-state index is 0.0681. The quantitative estimate of drug-likeness (QED) is 0.738. The molecule has 2 aromatic rings. The molecular weight excluding hydrogens is 338 g/mol. The van der Waals surface area contributed by atoms with Crippen molar-refractivity contribution >= 4 is 12.0 Å². The average molecular weight is 365 g/mol. The van der Waals surface area contributed by atoms with E-state index >= 15 is 0 Å². The van der Waals surface area contributed by atoms with Gasteiger partial charge in [-0.3, -0.25) is 14.7 Å². The lowest BCUT2D eigenvalue weighted by Crippen LogP contribution is -2.47. The van der Waals surface area contributed by atoms with Crippen LogP contribution in [0.3, 0.4) is 0 Å². The van der Waals surface area contributed by atoms with Crippen LogP contribution in [0.2, 0.25) is 0 Å². The normalized spacial score (nSPS) is 15.4. The highest BCUT2D eigenvalue weighted by atomic mass is 16.5. The van der Waals surface area contributed by atoms with E-state index in [4.69, 9.17) is 4.74 Å². The summed E-state index contributed by atoms with van der Waals surface area (Å²) in [6, 6.07) is 11.8. The highest BCUT2D eigenvalue weighted by molar-refractivity contribution is 5.91. The fraction of sp³-hybridized carbons (Fsp3) is 0.364. The van der Waals surface area contributed by atoms with Gasteiger partial charge in [0, 0.05) is 51.2 Å². The molecular formula is C22H27N3O2. The predicted octanol–water partition coefficient (Wildman–Crippen LogP) is 3.23. The first-order valence-electron chi connectivity index (χ1n) is 9.45. The van der Waals surface area contributed by atoms with Crippen molar-refractivity contribution in [3.05, 3.63) is 66.0 Å². The summed E-state index contributed by atoms with van der Waals surface area (Å²) in [7, 11) is 0. The second-order valence-electron chi connectivity index (χ2n) is 7.03. The van der Waals surface area contributed by atoms with E-state index in [1.807, 2.05) is 61.4 Å². The first-order chi connectivity index (χ1) is 13.1. The Hall–Kier alpha value is -2.66. The molecule has 5 heteroatoms. The maximum Gasteiger partial charge on any atom is 0.246 e. The first-order valence-corrected chi connectivity index (χ1v) is 9.45. The van der Waals surface area contributed by atoms with E-state index in [1.54, 1.807) is 12.3 Å². The Labute approximate surface area is 161 Å². The van der Waals surface area contributed by atoms with Crippen LogP contribution < -0.4 is 4.74 Å². The Morgan fingerprint density at radius 1 is 1.15 bits per heavy atom. The largest absolute Gasteiger partial charge is 0.491 e. The third-order valence-corrected chi connectivity index (χ3v) is 4.48. The summed E-state index contributed by atoms with van der Waals surface area (Å²) in [5.74, 6) is 0.914. The number of carbonyl (C=O) groups is 1. The maximum atomic E-state index is 12.4. The second kappa shape index (κ2) is 9.33. The number of amides is 1. The zero-order chi connectivity index (χ0) is 19.1. The Bertz CT molecular complexity index is 749. The number of benzene rings is 1. The van der Waals surface area contributed by atoms with E-state index in [0.717, 1.165) is 44.0 Å². The van der Waals surface area contributed by atoms with Crippen molar-refractivity contribution in [2.75, 3.05) is 26.2 Å². The fourth-order valence-corrected chi connectivity index (χ4v) is 3.08. The molecule has 3 rings (SSSR count). The molecule has 5 nitrogen and oxygen atoms in total. The van der Waals surface area contributed by atoms with Crippen molar-refractivity contribution in [3.8, 4) is 5.75 Å². The average Bonchev–Trinajstić information content (AvgIpc) is 2.68. The van der Waals surface area contributed by atoms with Crippen LogP contribution in [0.1, 0.15) is 25.0 Å². The molecule has 1 aliphatic heterocycles. The standard InChI is InChI=1S/C22H27N3O2/c1-18(2)27-21-8-5-19(6-9-21)7-10-22(26)25-14-12-24(13-15-25)17-20-4-3-11-23-16-20/h3-11,16,18H,12-15,17H2,1-2H3/b10-7+. The molecule has 0 unspecified atom stereocenters. The van der Waals surface area contributed by atoms with E-state index in [9.17, 15) is 4.79 Å². The monoisotopic (exact) mass is 365 g/mol. The minimum atomic E-state index is 0.0681. The number of aromatic nitrogens is 1. The highest BCUT2D eigenvalue weighted by Crippen LogP contribution is 2.15. The number of pyridine rings is 1. The van der Waals surface area contributed by atoms with Crippen molar-refractivity contribution in [3.63, 3.8) is 0 Å². The summed E-state index contributed by atoms with van der Waals surface area (Å²) in [5, 5.41) is 0. The van der Waals surface area contributed by atoms with Gasteiger partial charge >= 0.3 is 0 Å². The van der Waals surface area contributed by atoms with Crippen molar-refractivity contribution in [2.45, 2.75) is 26.5 Å². The van der Waals surface area contributed by atoms with Gasteiger partial charge in [0.1, 0.15) is 5.75 Å². The molecule has 0 saturated carbocycles. The van der Waals surface area contributed by atoms with Crippen LogP contribution in [0.5, 0.6) is 5.75 Å². The minimum Gasteiger partial charge on any atom is -0.491 e. The molecule has 0 atom stereocenters. The van der Waals surface area contributed by atoms with Crippen LogP contribution >= 0.6 is 0 Å². The third-order valence-electron chi connectivity index (χ3n) is 4.48. The van der Waals surface area contributed by atoms with Crippen LogP contribution in [-0.2, 0) is 11.3 Å². The molecule has 0 aliphatic carbocycles.